The van der Waals surface area contributed by atoms with Crippen molar-refractivity contribution in [2.24, 2.45) is 0 Å². The van der Waals surface area contributed by atoms with E-state index < -0.39 is 23.8 Å². The van der Waals surface area contributed by atoms with E-state index in [4.69, 9.17) is 0 Å². The molecule has 1 atom stereocenters. The average Bonchev–Trinajstić information content (AvgIpc) is 2.58. The number of benzene rings is 2. The van der Waals surface area contributed by atoms with Gasteiger partial charge in [0.2, 0.25) is 0 Å². The number of alkyl halides is 3. The Hall–Kier alpha value is -2.67. The molecule has 0 aliphatic carbocycles. The van der Waals surface area contributed by atoms with Crippen molar-refractivity contribution >= 4 is 16.6 Å². The third kappa shape index (κ3) is 3.88. The van der Waals surface area contributed by atoms with E-state index in [9.17, 15) is 22.7 Å². The first-order valence-corrected chi connectivity index (χ1v) is 7.49. The van der Waals surface area contributed by atoms with Crippen LogP contribution in [0.2, 0.25) is 0 Å². The summed E-state index contributed by atoms with van der Waals surface area (Å²) in [6.45, 7) is -0.0746. The summed E-state index contributed by atoms with van der Waals surface area (Å²) in [5.41, 5.74) is -0.288. The van der Waals surface area contributed by atoms with E-state index in [1.54, 1.807) is 24.3 Å². The number of halogens is 4. The molecule has 0 spiro atoms. The van der Waals surface area contributed by atoms with Gasteiger partial charge in [-0.3, -0.25) is 0 Å². The molecule has 0 fully saturated rings. The minimum atomic E-state index is -4.58. The van der Waals surface area contributed by atoms with Gasteiger partial charge in [0.25, 0.3) is 0 Å². The molecule has 1 aromatic heterocycles. The fourth-order valence-electron chi connectivity index (χ4n) is 2.51. The van der Waals surface area contributed by atoms with Crippen LogP contribution in [0.5, 0.6) is 0 Å². The summed E-state index contributed by atoms with van der Waals surface area (Å²) >= 11 is 0. The fraction of sp³-hybridized carbons (Fsp3) is 0.167. The van der Waals surface area contributed by atoms with Gasteiger partial charge in [0.1, 0.15) is 11.5 Å². The number of pyridine rings is 1. The molecular formula is C18H14F4N2O. The smallest absolute Gasteiger partial charge is 0.387 e. The number of nitrogens with one attached hydrogen (secondary N) is 1. The van der Waals surface area contributed by atoms with Crippen molar-refractivity contribution in [2.75, 3.05) is 11.9 Å². The molecule has 0 amide bonds. The molecule has 1 heterocycles. The maximum absolute atomic E-state index is 13.2. The fourth-order valence-corrected chi connectivity index (χ4v) is 2.51. The van der Waals surface area contributed by atoms with Gasteiger partial charge in [0, 0.05) is 17.6 Å². The van der Waals surface area contributed by atoms with Gasteiger partial charge in [-0.15, -0.1) is 0 Å². The van der Waals surface area contributed by atoms with Crippen molar-refractivity contribution in [3.05, 3.63) is 71.7 Å². The molecule has 0 radical (unpaired) electrons. The van der Waals surface area contributed by atoms with E-state index in [0.29, 0.717) is 10.9 Å². The summed E-state index contributed by atoms with van der Waals surface area (Å²) < 4.78 is 52.3. The Bertz CT molecular complexity index is 896. The molecule has 3 nitrogen and oxygen atoms in total. The van der Waals surface area contributed by atoms with Crippen LogP contribution >= 0.6 is 0 Å². The number of nitrogens with zero attached hydrogens (tertiary/aromatic N) is 1. The van der Waals surface area contributed by atoms with Crippen LogP contribution in [0, 0.1) is 5.82 Å². The van der Waals surface area contributed by atoms with E-state index in [1.165, 1.54) is 24.3 Å². The molecule has 0 saturated heterocycles. The summed E-state index contributed by atoms with van der Waals surface area (Å²) in [7, 11) is 0. The first-order valence-electron chi connectivity index (χ1n) is 7.49. The number of fused-ring (bicyclic) bond motifs is 1. The number of para-hydroxylation sites is 1. The summed E-state index contributed by atoms with van der Waals surface area (Å²) in [6, 6.07) is 12.7. The molecule has 0 aliphatic rings. The topological polar surface area (TPSA) is 45.1 Å². The van der Waals surface area contributed by atoms with Crippen LogP contribution in [0.25, 0.3) is 10.9 Å². The number of aliphatic hydroxyl groups excluding tert-OH is 1. The van der Waals surface area contributed by atoms with Gasteiger partial charge in [0.05, 0.1) is 11.6 Å². The number of aromatic nitrogens is 1. The minimum Gasteiger partial charge on any atom is -0.387 e. The highest BCUT2D eigenvalue weighted by Gasteiger charge is 2.33. The normalized spacial score (nSPS) is 13.0. The molecule has 3 aromatic rings. The number of hydrogen-bond donors (Lipinski definition) is 2. The third-order valence-electron chi connectivity index (χ3n) is 3.73. The van der Waals surface area contributed by atoms with E-state index in [-0.39, 0.29) is 17.7 Å². The lowest BCUT2D eigenvalue weighted by Gasteiger charge is -2.16. The number of hydrogen-bond acceptors (Lipinski definition) is 3. The predicted octanol–water partition coefficient (Wildman–Crippen LogP) is 4.54. The summed E-state index contributed by atoms with van der Waals surface area (Å²) in [5, 5.41) is 13.4. The zero-order chi connectivity index (χ0) is 18.0. The minimum absolute atomic E-state index is 0.0746. The Morgan fingerprint density at radius 1 is 1.04 bits per heavy atom. The first kappa shape index (κ1) is 17.2. The largest absolute Gasteiger partial charge is 0.433 e. The van der Waals surface area contributed by atoms with Crippen molar-refractivity contribution < 1.29 is 22.7 Å². The van der Waals surface area contributed by atoms with Crippen LogP contribution in [0.1, 0.15) is 17.4 Å². The van der Waals surface area contributed by atoms with E-state index >= 15 is 0 Å². The molecule has 0 unspecified atom stereocenters. The van der Waals surface area contributed by atoms with Gasteiger partial charge in [-0.2, -0.15) is 13.2 Å². The van der Waals surface area contributed by atoms with Crippen LogP contribution in [-0.2, 0) is 6.18 Å². The third-order valence-corrected chi connectivity index (χ3v) is 3.73. The zero-order valence-electron chi connectivity index (χ0n) is 12.9. The lowest BCUT2D eigenvalue weighted by atomic mass is 10.1. The first-order chi connectivity index (χ1) is 11.8. The van der Waals surface area contributed by atoms with E-state index in [0.717, 1.165) is 6.07 Å². The van der Waals surface area contributed by atoms with Gasteiger partial charge in [-0.25, -0.2) is 9.37 Å². The van der Waals surface area contributed by atoms with Crippen LogP contribution in [-0.4, -0.2) is 16.6 Å². The molecule has 0 saturated carbocycles. The van der Waals surface area contributed by atoms with Gasteiger partial charge in [-0.05, 0) is 29.8 Å². The number of anilines is 1. The molecule has 0 aliphatic heterocycles. The highest BCUT2D eigenvalue weighted by molar-refractivity contribution is 5.91. The average molecular weight is 350 g/mol. The monoisotopic (exact) mass is 350 g/mol. The van der Waals surface area contributed by atoms with Crippen molar-refractivity contribution in [1.29, 1.82) is 0 Å². The Morgan fingerprint density at radius 3 is 2.52 bits per heavy atom. The summed E-state index contributed by atoms with van der Waals surface area (Å²) in [6.07, 6.45) is -5.65. The Balaban J connectivity index is 1.90. The van der Waals surface area contributed by atoms with Gasteiger partial charge in [-0.1, -0.05) is 30.3 Å². The van der Waals surface area contributed by atoms with Crippen molar-refractivity contribution in [2.45, 2.75) is 12.3 Å². The van der Waals surface area contributed by atoms with Gasteiger partial charge < -0.3 is 10.4 Å². The van der Waals surface area contributed by atoms with Crippen LogP contribution in [0.3, 0.4) is 0 Å². The molecular weight excluding hydrogens is 336 g/mol. The molecule has 2 aromatic carbocycles. The van der Waals surface area contributed by atoms with Crippen LogP contribution in [0.4, 0.5) is 23.2 Å². The lowest BCUT2D eigenvalue weighted by Crippen LogP contribution is -2.14. The van der Waals surface area contributed by atoms with Crippen molar-refractivity contribution in [1.82, 2.24) is 4.98 Å². The van der Waals surface area contributed by atoms with E-state index in [2.05, 4.69) is 10.3 Å². The molecule has 7 heteroatoms. The maximum atomic E-state index is 13.2. The maximum Gasteiger partial charge on any atom is 0.433 e. The summed E-state index contributed by atoms with van der Waals surface area (Å²) in [4.78, 5) is 3.63. The Kier molecular flexibility index (Phi) is 4.59. The lowest BCUT2D eigenvalue weighted by molar-refractivity contribution is -0.140. The van der Waals surface area contributed by atoms with Crippen LogP contribution < -0.4 is 5.32 Å². The summed E-state index contributed by atoms with van der Waals surface area (Å²) in [5.74, 6) is -0.495. The molecule has 2 N–H and O–H groups in total. The quantitative estimate of drug-likeness (QED) is 0.679. The Labute approximate surface area is 140 Å². The second-order valence-corrected chi connectivity index (χ2v) is 5.52. The molecule has 0 bridgehead atoms. The van der Waals surface area contributed by atoms with Gasteiger partial charge >= 0.3 is 6.18 Å². The predicted molar refractivity (Wildman–Crippen MR) is 86.6 cm³/mol. The number of aliphatic hydroxyl groups is 1. The van der Waals surface area contributed by atoms with E-state index in [1.807, 2.05) is 0 Å². The van der Waals surface area contributed by atoms with Crippen LogP contribution in [0.15, 0.2) is 54.6 Å². The zero-order valence-corrected chi connectivity index (χ0v) is 12.9. The van der Waals surface area contributed by atoms with Gasteiger partial charge in [0.15, 0.2) is 0 Å². The second kappa shape index (κ2) is 6.68. The SMILES string of the molecule is O[C@@H](CNc1cc(C(F)(F)F)nc2ccccc12)c1cccc(F)c1. The molecule has 3 rings (SSSR count). The molecule has 25 heavy (non-hydrogen) atoms. The highest BCUT2D eigenvalue weighted by atomic mass is 19.4. The highest BCUT2D eigenvalue weighted by Crippen LogP contribution is 2.33. The number of rotatable bonds is 4. The Morgan fingerprint density at radius 2 is 1.80 bits per heavy atom. The van der Waals surface area contributed by atoms with Crippen molar-refractivity contribution in [3.63, 3.8) is 0 Å². The van der Waals surface area contributed by atoms with Crippen molar-refractivity contribution in [3.8, 4) is 0 Å². The second-order valence-electron chi connectivity index (χ2n) is 5.52. The molecule has 130 valence electrons. The standard InChI is InChI=1S/C18H14F4N2O/c19-12-5-3-4-11(8-12)16(25)10-23-15-9-17(18(20,21)22)24-14-7-2-1-6-13(14)15/h1-9,16,25H,10H2,(H,23,24)/t16-/m0/s1.